The van der Waals surface area contributed by atoms with Gasteiger partial charge in [0.25, 0.3) is 0 Å². The van der Waals surface area contributed by atoms with Crippen molar-refractivity contribution < 1.29 is 33.3 Å². The Bertz CT molecular complexity index is 1160. The number of esters is 3. The smallest absolute Gasteiger partial charge is 0.343 e. The van der Waals surface area contributed by atoms with E-state index in [0.717, 1.165) is 12.5 Å². The van der Waals surface area contributed by atoms with Crippen molar-refractivity contribution in [2.24, 2.45) is 0 Å². The summed E-state index contributed by atoms with van der Waals surface area (Å²) in [5.41, 5.74) is 1.32. The highest BCUT2D eigenvalue weighted by Crippen LogP contribution is 2.14. The molecule has 0 saturated carbocycles. The number of nitriles is 1. The molecule has 0 aliphatic rings. The molecule has 0 aliphatic heterocycles. The number of carbonyl (C=O) groups excluding carboxylic acids is 3. The third-order valence-electron chi connectivity index (χ3n) is 4.28. The van der Waals surface area contributed by atoms with Crippen LogP contribution in [-0.2, 0) is 19.0 Å². The molecule has 2 aromatic rings. The number of ether oxygens (including phenoxy) is 4. The SMILES string of the molecule is C=C(C)OC(=O)c1ccc(C#N)cc1.C=CC(=C)OC(=O)c1ccc(OCCCCOC(=O)C=C)cc1.CC. The monoisotopic (exact) mass is 533 g/mol. The summed E-state index contributed by atoms with van der Waals surface area (Å²) in [7, 11) is 0. The highest BCUT2D eigenvalue weighted by atomic mass is 16.5. The van der Waals surface area contributed by atoms with Crippen LogP contribution in [0.4, 0.5) is 0 Å². The first-order valence-corrected chi connectivity index (χ1v) is 12.1. The van der Waals surface area contributed by atoms with E-state index < -0.39 is 17.9 Å². The molecular formula is C31H35NO7. The predicted molar refractivity (Wildman–Crippen MR) is 150 cm³/mol. The Morgan fingerprint density at radius 2 is 1.33 bits per heavy atom. The van der Waals surface area contributed by atoms with Crippen LogP contribution in [0.1, 0.15) is 59.9 Å². The molecule has 0 heterocycles. The Hall–Kier alpha value is -4.90. The Kier molecular flexibility index (Phi) is 17.7. The van der Waals surface area contributed by atoms with Gasteiger partial charge in [0.15, 0.2) is 0 Å². The zero-order chi connectivity index (χ0) is 29.6. The van der Waals surface area contributed by atoms with Crippen LogP contribution in [0.5, 0.6) is 5.75 Å². The average molecular weight is 534 g/mol. The summed E-state index contributed by atoms with van der Waals surface area (Å²) >= 11 is 0. The van der Waals surface area contributed by atoms with Crippen molar-refractivity contribution in [3.63, 3.8) is 0 Å². The van der Waals surface area contributed by atoms with Gasteiger partial charge in [-0.05, 0) is 74.4 Å². The Morgan fingerprint density at radius 1 is 0.821 bits per heavy atom. The number of hydrogen-bond donors (Lipinski definition) is 0. The van der Waals surface area contributed by atoms with E-state index in [9.17, 15) is 14.4 Å². The number of rotatable bonds is 12. The van der Waals surface area contributed by atoms with E-state index in [1.54, 1.807) is 55.5 Å². The molecule has 8 nitrogen and oxygen atoms in total. The molecular weight excluding hydrogens is 498 g/mol. The van der Waals surface area contributed by atoms with E-state index in [-0.39, 0.29) is 5.76 Å². The van der Waals surface area contributed by atoms with E-state index >= 15 is 0 Å². The van der Waals surface area contributed by atoms with E-state index in [2.05, 4.69) is 26.3 Å². The zero-order valence-electron chi connectivity index (χ0n) is 22.7. The van der Waals surface area contributed by atoms with Gasteiger partial charge in [-0.1, -0.05) is 40.2 Å². The Labute approximate surface area is 230 Å². The van der Waals surface area contributed by atoms with Crippen LogP contribution in [-0.4, -0.2) is 31.1 Å². The van der Waals surface area contributed by atoms with E-state index in [0.29, 0.717) is 47.8 Å². The molecule has 0 amide bonds. The standard InChI is InChI=1S/C18H20O5.C11H9NO2.C2H6/c1-4-14(3)23-18(20)15-8-10-16(11-9-15)21-12-6-7-13-22-17(19)5-2;1-8(2)14-11(13)10-5-3-9(7-12)4-6-10;1-2/h4-5,8-11H,1-3,6-7,12-13H2;3-6H,1H2,2H3;1-2H3. The van der Waals surface area contributed by atoms with Crippen molar-refractivity contribution >= 4 is 17.9 Å². The summed E-state index contributed by atoms with van der Waals surface area (Å²) in [4.78, 5) is 33.8. The lowest BCUT2D eigenvalue weighted by Gasteiger charge is -2.07. The molecule has 0 bridgehead atoms. The fourth-order valence-corrected chi connectivity index (χ4v) is 2.43. The van der Waals surface area contributed by atoms with Crippen LogP contribution in [0, 0.1) is 11.3 Å². The van der Waals surface area contributed by atoms with Crippen molar-refractivity contribution in [3.8, 4) is 11.8 Å². The van der Waals surface area contributed by atoms with Crippen molar-refractivity contribution in [1.82, 2.24) is 0 Å². The molecule has 2 aromatic carbocycles. The molecule has 0 aliphatic carbocycles. The van der Waals surface area contributed by atoms with Crippen LogP contribution >= 0.6 is 0 Å². The second-order valence-electron chi connectivity index (χ2n) is 7.29. The van der Waals surface area contributed by atoms with Gasteiger partial charge in [-0.3, -0.25) is 0 Å². The molecule has 0 N–H and O–H groups in total. The molecule has 0 spiro atoms. The fourth-order valence-electron chi connectivity index (χ4n) is 2.43. The van der Waals surface area contributed by atoms with E-state index in [1.807, 2.05) is 19.9 Å². The van der Waals surface area contributed by atoms with Crippen LogP contribution < -0.4 is 4.74 Å². The molecule has 0 saturated heterocycles. The first-order chi connectivity index (χ1) is 18.7. The van der Waals surface area contributed by atoms with Gasteiger partial charge in [0.2, 0.25) is 0 Å². The van der Waals surface area contributed by atoms with E-state index in [4.69, 9.17) is 24.2 Å². The maximum absolute atomic E-state index is 11.7. The molecule has 0 unspecified atom stereocenters. The minimum absolute atomic E-state index is 0.201. The lowest BCUT2D eigenvalue weighted by Crippen LogP contribution is -2.05. The Morgan fingerprint density at radius 3 is 1.82 bits per heavy atom. The average Bonchev–Trinajstić information content (AvgIpc) is 2.96. The highest BCUT2D eigenvalue weighted by Gasteiger charge is 2.08. The van der Waals surface area contributed by atoms with Crippen molar-refractivity contribution in [2.75, 3.05) is 13.2 Å². The van der Waals surface area contributed by atoms with Gasteiger partial charge in [-0.2, -0.15) is 5.26 Å². The van der Waals surface area contributed by atoms with Crippen LogP contribution in [0.3, 0.4) is 0 Å². The first kappa shape index (κ1) is 34.1. The molecule has 0 fully saturated rings. The molecule has 39 heavy (non-hydrogen) atoms. The maximum atomic E-state index is 11.7. The molecule has 0 aromatic heterocycles. The highest BCUT2D eigenvalue weighted by molar-refractivity contribution is 5.90. The molecule has 0 radical (unpaired) electrons. The number of benzene rings is 2. The summed E-state index contributed by atoms with van der Waals surface area (Å²) in [5, 5.41) is 8.53. The second kappa shape index (κ2) is 20.2. The third kappa shape index (κ3) is 15.1. The van der Waals surface area contributed by atoms with Crippen molar-refractivity contribution in [3.05, 3.63) is 115 Å². The number of nitrogens with zero attached hydrogens (tertiary/aromatic N) is 1. The number of allylic oxidation sites excluding steroid dienone is 2. The lowest BCUT2D eigenvalue weighted by molar-refractivity contribution is -0.137. The van der Waals surface area contributed by atoms with E-state index in [1.165, 1.54) is 6.08 Å². The largest absolute Gasteiger partial charge is 0.494 e. The summed E-state index contributed by atoms with van der Waals surface area (Å²) in [6, 6.07) is 14.8. The summed E-state index contributed by atoms with van der Waals surface area (Å²) in [6.07, 6.45) is 3.94. The van der Waals surface area contributed by atoms with Crippen molar-refractivity contribution in [2.45, 2.75) is 33.6 Å². The van der Waals surface area contributed by atoms with Crippen LogP contribution in [0.2, 0.25) is 0 Å². The van der Waals surface area contributed by atoms with Gasteiger partial charge in [0, 0.05) is 6.08 Å². The quantitative estimate of drug-likeness (QED) is 0.0739. The second-order valence-corrected chi connectivity index (χ2v) is 7.29. The summed E-state index contributed by atoms with van der Waals surface area (Å²) in [6.45, 7) is 20.2. The lowest BCUT2D eigenvalue weighted by atomic mass is 10.1. The molecule has 2 rings (SSSR count). The maximum Gasteiger partial charge on any atom is 0.343 e. The number of unbranched alkanes of at least 4 members (excludes halogenated alkanes) is 1. The zero-order valence-corrected chi connectivity index (χ0v) is 22.7. The summed E-state index contributed by atoms with van der Waals surface area (Å²) in [5.74, 6) is -0.181. The molecule has 8 heteroatoms. The van der Waals surface area contributed by atoms with Gasteiger partial charge in [0.1, 0.15) is 11.5 Å². The van der Waals surface area contributed by atoms with Crippen LogP contribution in [0.25, 0.3) is 0 Å². The predicted octanol–water partition coefficient (Wildman–Crippen LogP) is 6.71. The fraction of sp³-hybridized carbons (Fsp3) is 0.226. The topological polar surface area (TPSA) is 112 Å². The number of hydrogen-bond acceptors (Lipinski definition) is 8. The first-order valence-electron chi connectivity index (χ1n) is 12.1. The number of carbonyl (C=O) groups is 3. The van der Waals surface area contributed by atoms with Crippen molar-refractivity contribution in [1.29, 1.82) is 5.26 Å². The molecule has 0 atom stereocenters. The van der Waals surface area contributed by atoms with Gasteiger partial charge < -0.3 is 18.9 Å². The Balaban J connectivity index is 0.000000769. The van der Waals surface area contributed by atoms with Gasteiger partial charge in [-0.25, -0.2) is 14.4 Å². The van der Waals surface area contributed by atoms with Gasteiger partial charge >= 0.3 is 17.9 Å². The summed E-state index contributed by atoms with van der Waals surface area (Å²) < 4.78 is 20.1. The van der Waals surface area contributed by atoms with Crippen LogP contribution in [0.15, 0.2) is 98.5 Å². The van der Waals surface area contributed by atoms with Gasteiger partial charge in [0.05, 0.1) is 41.7 Å². The normalized spacial score (nSPS) is 8.97. The minimum Gasteiger partial charge on any atom is -0.494 e. The van der Waals surface area contributed by atoms with Gasteiger partial charge in [-0.15, -0.1) is 0 Å². The molecule has 206 valence electrons. The third-order valence-corrected chi connectivity index (χ3v) is 4.28. The minimum atomic E-state index is -0.495.